The highest BCUT2D eigenvalue weighted by Gasteiger charge is 2.22. The van der Waals surface area contributed by atoms with Crippen molar-refractivity contribution in [3.05, 3.63) is 24.3 Å². The van der Waals surface area contributed by atoms with Crippen molar-refractivity contribution in [2.75, 3.05) is 7.11 Å². The van der Waals surface area contributed by atoms with Gasteiger partial charge in [0.05, 0.1) is 12.4 Å². The summed E-state index contributed by atoms with van der Waals surface area (Å²) < 4.78 is 10.7. The highest BCUT2D eigenvalue weighted by molar-refractivity contribution is 8.00. The summed E-state index contributed by atoms with van der Waals surface area (Å²) in [6.07, 6.45) is 0. The summed E-state index contributed by atoms with van der Waals surface area (Å²) >= 11 is 1.24. The summed E-state index contributed by atoms with van der Waals surface area (Å²) in [6.45, 7) is 7.63. The highest BCUT2D eigenvalue weighted by Crippen LogP contribution is 2.27. The summed E-state index contributed by atoms with van der Waals surface area (Å²) in [5.74, 6) is 1.11. The Balaban J connectivity index is 2.02. The molecule has 2 aromatic rings. The minimum absolute atomic E-state index is 0.0632. The number of carbonyl (C=O) groups excluding carboxylic acids is 1. The Hall–Kier alpha value is -2.02. The van der Waals surface area contributed by atoms with Crippen molar-refractivity contribution in [3.63, 3.8) is 0 Å². The standard InChI is InChI=1S/C16H21N3O3S/c1-10(13(20)17-16(2,3)4)23-15-19-18-14(22-15)11-6-8-12(21-5)9-7-11/h6-10H,1-5H3,(H,17,20). The molecule has 6 nitrogen and oxygen atoms in total. The van der Waals surface area contributed by atoms with Crippen LogP contribution in [0.5, 0.6) is 5.75 Å². The van der Waals surface area contributed by atoms with Crippen LogP contribution in [0.2, 0.25) is 0 Å². The molecule has 124 valence electrons. The second kappa shape index (κ2) is 7.04. The largest absolute Gasteiger partial charge is 0.497 e. The van der Waals surface area contributed by atoms with E-state index in [1.54, 1.807) is 7.11 Å². The molecule has 1 aromatic heterocycles. The van der Waals surface area contributed by atoms with Crippen LogP contribution in [-0.4, -0.2) is 34.0 Å². The fraction of sp³-hybridized carbons (Fsp3) is 0.438. The molecule has 1 amide bonds. The van der Waals surface area contributed by atoms with E-state index in [1.807, 2.05) is 52.0 Å². The Bertz CT molecular complexity index is 662. The molecule has 1 aromatic carbocycles. The molecule has 0 bridgehead atoms. The fourth-order valence-corrected chi connectivity index (χ4v) is 2.47. The Kier molecular flexibility index (Phi) is 5.30. The van der Waals surface area contributed by atoms with E-state index in [4.69, 9.17) is 9.15 Å². The number of amides is 1. The van der Waals surface area contributed by atoms with Gasteiger partial charge in [-0.15, -0.1) is 10.2 Å². The maximum absolute atomic E-state index is 12.1. The van der Waals surface area contributed by atoms with Gasteiger partial charge in [0.1, 0.15) is 5.75 Å². The van der Waals surface area contributed by atoms with E-state index < -0.39 is 0 Å². The van der Waals surface area contributed by atoms with Gasteiger partial charge in [-0.2, -0.15) is 0 Å². The van der Waals surface area contributed by atoms with Gasteiger partial charge in [0.25, 0.3) is 5.22 Å². The minimum atomic E-state index is -0.321. The number of methoxy groups -OCH3 is 1. The maximum atomic E-state index is 12.1. The highest BCUT2D eigenvalue weighted by atomic mass is 32.2. The monoisotopic (exact) mass is 335 g/mol. The maximum Gasteiger partial charge on any atom is 0.277 e. The topological polar surface area (TPSA) is 77.2 Å². The number of rotatable bonds is 5. The summed E-state index contributed by atoms with van der Waals surface area (Å²) in [5, 5.41) is 11.0. The molecule has 0 fully saturated rings. The summed E-state index contributed by atoms with van der Waals surface area (Å²) in [7, 11) is 1.61. The molecule has 23 heavy (non-hydrogen) atoms. The first-order chi connectivity index (χ1) is 10.8. The Morgan fingerprint density at radius 3 is 2.48 bits per heavy atom. The molecule has 1 heterocycles. The zero-order valence-corrected chi connectivity index (χ0v) is 14.7. The number of carbonyl (C=O) groups is 1. The molecule has 0 saturated carbocycles. The van der Waals surface area contributed by atoms with Gasteiger partial charge < -0.3 is 14.5 Å². The van der Waals surface area contributed by atoms with Gasteiger partial charge in [-0.25, -0.2) is 0 Å². The van der Waals surface area contributed by atoms with Crippen LogP contribution < -0.4 is 10.1 Å². The Labute approximate surface area is 140 Å². The molecule has 0 aliphatic carbocycles. The SMILES string of the molecule is COc1ccc(-c2nnc(SC(C)C(=O)NC(C)(C)C)o2)cc1. The van der Waals surface area contributed by atoms with Crippen molar-refractivity contribution >= 4 is 17.7 Å². The van der Waals surface area contributed by atoms with Crippen LogP contribution in [0, 0.1) is 0 Å². The molecular formula is C16H21N3O3S. The van der Waals surface area contributed by atoms with Crippen molar-refractivity contribution in [2.24, 2.45) is 0 Å². The molecule has 0 radical (unpaired) electrons. The number of aromatic nitrogens is 2. The van der Waals surface area contributed by atoms with E-state index in [1.165, 1.54) is 11.8 Å². The minimum Gasteiger partial charge on any atom is -0.497 e. The molecule has 0 aliphatic rings. The van der Waals surface area contributed by atoms with Crippen molar-refractivity contribution in [3.8, 4) is 17.2 Å². The van der Waals surface area contributed by atoms with E-state index in [9.17, 15) is 4.79 Å². The molecule has 0 spiro atoms. The van der Waals surface area contributed by atoms with Gasteiger partial charge in [0, 0.05) is 11.1 Å². The van der Waals surface area contributed by atoms with E-state index in [0.717, 1.165) is 11.3 Å². The third-order valence-corrected chi connectivity index (χ3v) is 3.82. The van der Waals surface area contributed by atoms with Gasteiger partial charge in [-0.3, -0.25) is 4.79 Å². The van der Waals surface area contributed by atoms with Crippen LogP contribution in [0.4, 0.5) is 0 Å². The second-order valence-electron chi connectivity index (χ2n) is 6.10. The lowest BCUT2D eigenvalue weighted by Crippen LogP contribution is -2.44. The average molecular weight is 335 g/mol. The van der Waals surface area contributed by atoms with E-state index in [0.29, 0.717) is 11.1 Å². The molecule has 7 heteroatoms. The quantitative estimate of drug-likeness (QED) is 0.846. The number of nitrogens with zero attached hydrogens (tertiary/aromatic N) is 2. The molecule has 0 aliphatic heterocycles. The zero-order chi connectivity index (χ0) is 17.0. The Morgan fingerprint density at radius 2 is 1.91 bits per heavy atom. The first kappa shape index (κ1) is 17.3. The number of benzene rings is 1. The van der Waals surface area contributed by atoms with Crippen molar-refractivity contribution in [1.82, 2.24) is 15.5 Å². The van der Waals surface area contributed by atoms with Gasteiger partial charge in [0.2, 0.25) is 11.8 Å². The molecule has 0 saturated heterocycles. The van der Waals surface area contributed by atoms with Gasteiger partial charge in [0.15, 0.2) is 0 Å². The predicted molar refractivity (Wildman–Crippen MR) is 89.5 cm³/mol. The van der Waals surface area contributed by atoms with Crippen molar-refractivity contribution in [1.29, 1.82) is 0 Å². The van der Waals surface area contributed by atoms with Gasteiger partial charge in [-0.05, 0) is 52.0 Å². The molecule has 1 N–H and O–H groups in total. The number of hydrogen-bond donors (Lipinski definition) is 1. The van der Waals surface area contributed by atoms with Crippen LogP contribution in [0.15, 0.2) is 33.9 Å². The van der Waals surface area contributed by atoms with Gasteiger partial charge in [-0.1, -0.05) is 11.8 Å². The van der Waals surface area contributed by atoms with Gasteiger partial charge >= 0.3 is 0 Å². The van der Waals surface area contributed by atoms with Crippen LogP contribution >= 0.6 is 11.8 Å². The van der Waals surface area contributed by atoms with Crippen LogP contribution in [0.25, 0.3) is 11.5 Å². The molecule has 1 atom stereocenters. The van der Waals surface area contributed by atoms with Crippen LogP contribution in [0.1, 0.15) is 27.7 Å². The number of thioether (sulfide) groups is 1. The van der Waals surface area contributed by atoms with Crippen LogP contribution in [0.3, 0.4) is 0 Å². The third kappa shape index (κ3) is 4.99. The molecule has 1 unspecified atom stereocenters. The van der Waals surface area contributed by atoms with Crippen LogP contribution in [-0.2, 0) is 4.79 Å². The zero-order valence-electron chi connectivity index (χ0n) is 13.9. The number of nitrogens with one attached hydrogen (secondary N) is 1. The third-order valence-electron chi connectivity index (χ3n) is 2.89. The number of hydrogen-bond acceptors (Lipinski definition) is 6. The summed E-state index contributed by atoms with van der Waals surface area (Å²) in [4.78, 5) is 12.1. The first-order valence-electron chi connectivity index (χ1n) is 7.25. The normalized spacial score (nSPS) is 12.7. The van der Waals surface area contributed by atoms with Crippen molar-refractivity contribution in [2.45, 2.75) is 43.7 Å². The lowest BCUT2D eigenvalue weighted by molar-refractivity contribution is -0.121. The van der Waals surface area contributed by atoms with E-state index in [2.05, 4.69) is 15.5 Å². The van der Waals surface area contributed by atoms with E-state index >= 15 is 0 Å². The van der Waals surface area contributed by atoms with E-state index in [-0.39, 0.29) is 16.7 Å². The summed E-state index contributed by atoms with van der Waals surface area (Å²) in [5.41, 5.74) is 0.534. The number of ether oxygens (including phenoxy) is 1. The Morgan fingerprint density at radius 1 is 1.26 bits per heavy atom. The van der Waals surface area contributed by atoms with Crippen molar-refractivity contribution < 1.29 is 13.9 Å². The first-order valence-corrected chi connectivity index (χ1v) is 8.13. The predicted octanol–water partition coefficient (Wildman–Crippen LogP) is 3.14. The molecular weight excluding hydrogens is 314 g/mol. The second-order valence-corrected chi connectivity index (χ2v) is 7.39. The molecule has 2 rings (SSSR count). The lowest BCUT2D eigenvalue weighted by Gasteiger charge is -2.22. The lowest BCUT2D eigenvalue weighted by atomic mass is 10.1. The average Bonchev–Trinajstić information content (AvgIpc) is 2.94. The smallest absolute Gasteiger partial charge is 0.277 e. The fourth-order valence-electron chi connectivity index (χ4n) is 1.78. The summed E-state index contributed by atoms with van der Waals surface area (Å²) in [6, 6.07) is 7.34.